The van der Waals surface area contributed by atoms with Gasteiger partial charge in [-0.05, 0) is 18.9 Å². The van der Waals surface area contributed by atoms with Crippen LogP contribution in [-0.4, -0.2) is 44.9 Å². The molecule has 0 bridgehead atoms. The predicted molar refractivity (Wildman–Crippen MR) is 118 cm³/mol. The molecule has 11 heteroatoms. The summed E-state index contributed by atoms with van der Waals surface area (Å²) in [6, 6.07) is 3.19. The molecular formula is C19H27F2IN4O4. The van der Waals surface area contributed by atoms with E-state index >= 15 is 0 Å². The second-order valence-corrected chi connectivity index (χ2v) is 6.87. The molecule has 1 aliphatic heterocycles. The number of ether oxygens (including phenoxy) is 3. The molecule has 1 aliphatic carbocycles. The fourth-order valence-electron chi connectivity index (χ4n) is 3.40. The van der Waals surface area contributed by atoms with E-state index in [-0.39, 0.29) is 61.6 Å². The summed E-state index contributed by atoms with van der Waals surface area (Å²) in [5.41, 5.74) is 0.448. The van der Waals surface area contributed by atoms with Gasteiger partial charge in [-0.3, -0.25) is 9.79 Å². The molecule has 1 saturated carbocycles. The van der Waals surface area contributed by atoms with Gasteiger partial charge in [0, 0.05) is 31.3 Å². The fraction of sp³-hybridized carbons (Fsp3) is 0.579. The number of benzene rings is 1. The monoisotopic (exact) mass is 540 g/mol. The quantitative estimate of drug-likeness (QED) is 0.280. The Morgan fingerprint density at radius 2 is 1.90 bits per heavy atom. The van der Waals surface area contributed by atoms with E-state index in [0.717, 1.165) is 25.7 Å². The number of hydrogen-bond acceptors (Lipinski definition) is 5. The number of carbonyl (C=O) groups is 1. The molecule has 0 saturated heterocycles. The van der Waals surface area contributed by atoms with Crippen molar-refractivity contribution in [1.29, 1.82) is 0 Å². The van der Waals surface area contributed by atoms with Gasteiger partial charge in [-0.1, -0.05) is 19.3 Å². The number of nitrogens with one attached hydrogen (secondary N) is 3. The molecule has 0 radical (unpaired) electrons. The number of amides is 1. The number of guanidine groups is 1. The zero-order chi connectivity index (χ0) is 20.6. The first-order valence-electron chi connectivity index (χ1n) is 9.66. The number of carbonyl (C=O) groups excluding carboxylic acids is 1. The van der Waals surface area contributed by atoms with Crippen LogP contribution in [0.5, 0.6) is 17.2 Å². The molecule has 3 rings (SSSR count). The Bertz CT molecular complexity index is 745. The first kappa shape index (κ1) is 24.2. The molecule has 0 atom stereocenters. The van der Waals surface area contributed by atoms with E-state index in [2.05, 4.69) is 25.7 Å². The zero-order valence-electron chi connectivity index (χ0n) is 16.7. The van der Waals surface area contributed by atoms with Gasteiger partial charge in [0.1, 0.15) is 5.75 Å². The topological polar surface area (TPSA) is 93.2 Å². The van der Waals surface area contributed by atoms with Crippen LogP contribution in [-0.2, 0) is 11.3 Å². The first-order chi connectivity index (χ1) is 14.0. The van der Waals surface area contributed by atoms with Gasteiger partial charge in [-0.2, -0.15) is 8.78 Å². The van der Waals surface area contributed by atoms with Gasteiger partial charge in [0.15, 0.2) is 17.5 Å². The summed E-state index contributed by atoms with van der Waals surface area (Å²) in [5.74, 6) is 1.06. The Balaban J connectivity index is 0.00000320. The lowest BCUT2D eigenvalue weighted by atomic mass is 9.95. The van der Waals surface area contributed by atoms with Gasteiger partial charge in [0.2, 0.25) is 12.7 Å². The summed E-state index contributed by atoms with van der Waals surface area (Å²) in [7, 11) is 1.56. The zero-order valence-corrected chi connectivity index (χ0v) is 19.0. The molecule has 168 valence electrons. The third-order valence-corrected chi connectivity index (χ3v) is 4.83. The highest BCUT2D eigenvalue weighted by molar-refractivity contribution is 14.0. The van der Waals surface area contributed by atoms with Crippen molar-refractivity contribution in [3.8, 4) is 17.2 Å². The van der Waals surface area contributed by atoms with Crippen LogP contribution in [0.25, 0.3) is 0 Å². The van der Waals surface area contributed by atoms with Crippen LogP contribution in [0.15, 0.2) is 17.1 Å². The van der Waals surface area contributed by atoms with E-state index in [1.54, 1.807) is 13.1 Å². The molecule has 30 heavy (non-hydrogen) atoms. The molecular weight excluding hydrogens is 513 g/mol. The number of fused-ring (bicyclic) bond motifs is 1. The van der Waals surface area contributed by atoms with Crippen molar-refractivity contribution in [2.45, 2.75) is 51.3 Å². The number of hydrogen-bond donors (Lipinski definition) is 3. The van der Waals surface area contributed by atoms with Crippen LogP contribution in [0, 0.1) is 0 Å². The van der Waals surface area contributed by atoms with Crippen LogP contribution in [0.2, 0.25) is 0 Å². The van der Waals surface area contributed by atoms with Gasteiger partial charge in [-0.15, -0.1) is 24.0 Å². The molecule has 1 aromatic rings. The minimum Gasteiger partial charge on any atom is -0.454 e. The summed E-state index contributed by atoms with van der Waals surface area (Å²) in [6.45, 7) is -2.73. The second kappa shape index (κ2) is 12.0. The minimum atomic E-state index is -2.96. The van der Waals surface area contributed by atoms with Crippen molar-refractivity contribution >= 4 is 35.8 Å². The Morgan fingerprint density at radius 3 is 2.57 bits per heavy atom. The third kappa shape index (κ3) is 7.03. The van der Waals surface area contributed by atoms with Crippen molar-refractivity contribution in [3.05, 3.63) is 17.7 Å². The maximum Gasteiger partial charge on any atom is 0.387 e. The minimum absolute atomic E-state index is 0. The normalized spacial score (nSPS) is 16.1. The molecule has 2 aliphatic rings. The molecule has 0 unspecified atom stereocenters. The van der Waals surface area contributed by atoms with Gasteiger partial charge in [0.05, 0.1) is 6.54 Å². The molecule has 3 N–H and O–H groups in total. The standard InChI is InChI=1S/C19H26F2N4O4.HI/c1-22-19(24-10-17(26)25-13-5-3-2-4-6-13)23-9-12-7-15-16(28-11-27-15)8-14(12)29-18(20)21;/h7-8,13,18H,2-6,9-11H2,1H3,(H,25,26)(H2,22,23,24);1H. The van der Waals surface area contributed by atoms with E-state index in [0.29, 0.717) is 23.0 Å². The van der Waals surface area contributed by atoms with Crippen molar-refractivity contribution in [2.75, 3.05) is 20.4 Å². The summed E-state index contributed by atoms with van der Waals surface area (Å²) in [5, 5.41) is 8.92. The Morgan fingerprint density at radius 1 is 1.20 bits per heavy atom. The van der Waals surface area contributed by atoms with Gasteiger partial charge in [0.25, 0.3) is 0 Å². The van der Waals surface area contributed by atoms with Crippen molar-refractivity contribution < 1.29 is 27.8 Å². The van der Waals surface area contributed by atoms with E-state index in [9.17, 15) is 13.6 Å². The molecule has 1 amide bonds. The van der Waals surface area contributed by atoms with Crippen LogP contribution in [0.3, 0.4) is 0 Å². The van der Waals surface area contributed by atoms with Crippen LogP contribution >= 0.6 is 24.0 Å². The maximum atomic E-state index is 12.7. The van der Waals surface area contributed by atoms with Gasteiger partial charge in [-0.25, -0.2) is 0 Å². The largest absolute Gasteiger partial charge is 0.454 e. The van der Waals surface area contributed by atoms with E-state index < -0.39 is 6.61 Å². The number of halogens is 3. The number of nitrogens with zero attached hydrogens (tertiary/aromatic N) is 1. The van der Waals surface area contributed by atoms with E-state index in [4.69, 9.17) is 9.47 Å². The van der Waals surface area contributed by atoms with Crippen molar-refractivity contribution in [2.24, 2.45) is 4.99 Å². The predicted octanol–water partition coefficient (Wildman–Crippen LogP) is 2.75. The van der Waals surface area contributed by atoms with Gasteiger partial charge >= 0.3 is 6.61 Å². The summed E-state index contributed by atoms with van der Waals surface area (Å²) >= 11 is 0. The van der Waals surface area contributed by atoms with E-state index in [1.165, 1.54) is 12.5 Å². The van der Waals surface area contributed by atoms with Crippen molar-refractivity contribution in [1.82, 2.24) is 16.0 Å². The lowest BCUT2D eigenvalue weighted by molar-refractivity contribution is -0.120. The molecule has 1 fully saturated rings. The molecule has 8 nitrogen and oxygen atoms in total. The highest BCUT2D eigenvalue weighted by Gasteiger charge is 2.20. The van der Waals surface area contributed by atoms with Gasteiger partial charge < -0.3 is 30.2 Å². The summed E-state index contributed by atoms with van der Waals surface area (Å²) < 4.78 is 40.5. The molecule has 1 heterocycles. The van der Waals surface area contributed by atoms with Crippen LogP contribution < -0.4 is 30.2 Å². The molecule has 0 spiro atoms. The smallest absolute Gasteiger partial charge is 0.387 e. The van der Waals surface area contributed by atoms with E-state index in [1.807, 2.05) is 0 Å². The van der Waals surface area contributed by atoms with Crippen LogP contribution in [0.1, 0.15) is 37.7 Å². The second-order valence-electron chi connectivity index (χ2n) is 6.87. The summed E-state index contributed by atoms with van der Waals surface area (Å²) in [6.07, 6.45) is 5.52. The van der Waals surface area contributed by atoms with Crippen molar-refractivity contribution in [3.63, 3.8) is 0 Å². The third-order valence-electron chi connectivity index (χ3n) is 4.83. The molecule has 1 aromatic carbocycles. The SMILES string of the molecule is CN=C(NCC(=O)NC1CCCCC1)NCc1cc2c(cc1OC(F)F)OCO2.I. The summed E-state index contributed by atoms with van der Waals surface area (Å²) in [4.78, 5) is 16.2. The highest BCUT2D eigenvalue weighted by Crippen LogP contribution is 2.38. The Labute approximate surface area is 191 Å². The lowest BCUT2D eigenvalue weighted by Gasteiger charge is -2.23. The van der Waals surface area contributed by atoms with Crippen LogP contribution in [0.4, 0.5) is 8.78 Å². The number of aliphatic imine (C=N–C) groups is 1. The molecule has 0 aromatic heterocycles. The first-order valence-corrected chi connectivity index (χ1v) is 9.66. The average molecular weight is 540 g/mol. The number of rotatable bonds is 7. The number of alkyl halides is 2. The average Bonchev–Trinajstić information content (AvgIpc) is 3.15. The maximum absolute atomic E-state index is 12.7. The fourth-order valence-corrected chi connectivity index (χ4v) is 3.40. The Hall–Kier alpha value is -2.05. The highest BCUT2D eigenvalue weighted by atomic mass is 127. The Kier molecular flexibility index (Phi) is 9.66. The lowest BCUT2D eigenvalue weighted by Crippen LogP contribution is -2.45.